The standard InChI is InChI=1S/C22H42N6O2/c1-4-23-21(24-19-22(25(2)3)8-16-30-17-9-22)28-14-12-26(13-15-28)18-20(29)27-10-6-5-7-11-27/h4-19H2,1-3H3,(H,23,24). The van der Waals surface area contributed by atoms with Gasteiger partial charge in [0.2, 0.25) is 5.91 Å². The van der Waals surface area contributed by atoms with E-state index >= 15 is 0 Å². The van der Waals surface area contributed by atoms with Crippen LogP contribution in [0.2, 0.25) is 0 Å². The van der Waals surface area contributed by atoms with Crippen molar-refractivity contribution in [1.82, 2.24) is 24.9 Å². The van der Waals surface area contributed by atoms with Gasteiger partial charge in [-0.05, 0) is 53.1 Å². The molecular weight excluding hydrogens is 380 g/mol. The van der Waals surface area contributed by atoms with E-state index in [4.69, 9.17) is 9.73 Å². The third-order valence-electron chi connectivity index (χ3n) is 6.97. The number of rotatable bonds is 6. The average Bonchev–Trinajstić information content (AvgIpc) is 2.78. The molecule has 172 valence electrons. The van der Waals surface area contributed by atoms with E-state index in [1.807, 2.05) is 0 Å². The Labute approximate surface area is 182 Å². The smallest absolute Gasteiger partial charge is 0.236 e. The topological polar surface area (TPSA) is 63.7 Å². The lowest BCUT2D eigenvalue weighted by molar-refractivity contribution is -0.133. The molecule has 8 nitrogen and oxygen atoms in total. The van der Waals surface area contributed by atoms with Gasteiger partial charge in [0.15, 0.2) is 5.96 Å². The monoisotopic (exact) mass is 422 g/mol. The quantitative estimate of drug-likeness (QED) is 0.502. The van der Waals surface area contributed by atoms with Gasteiger partial charge in [0.1, 0.15) is 0 Å². The van der Waals surface area contributed by atoms with E-state index in [1.165, 1.54) is 6.42 Å². The second kappa shape index (κ2) is 11.3. The zero-order valence-corrected chi connectivity index (χ0v) is 19.4. The molecule has 1 N–H and O–H groups in total. The minimum absolute atomic E-state index is 0.0849. The molecule has 0 aliphatic carbocycles. The summed E-state index contributed by atoms with van der Waals surface area (Å²) in [5.74, 6) is 1.31. The Bertz CT molecular complexity index is 562. The molecule has 8 heteroatoms. The number of guanidine groups is 1. The Morgan fingerprint density at radius 1 is 1.00 bits per heavy atom. The van der Waals surface area contributed by atoms with E-state index in [9.17, 15) is 4.79 Å². The molecule has 0 saturated carbocycles. The summed E-state index contributed by atoms with van der Waals surface area (Å²) in [4.78, 5) is 26.7. The number of amides is 1. The highest BCUT2D eigenvalue weighted by atomic mass is 16.5. The molecule has 3 aliphatic heterocycles. The number of piperidine rings is 1. The SMILES string of the molecule is CCNC(=NCC1(N(C)C)CCOCC1)N1CCN(CC(=O)N2CCCCC2)CC1. The zero-order valence-electron chi connectivity index (χ0n) is 19.4. The third kappa shape index (κ3) is 6.08. The molecule has 0 spiro atoms. The maximum absolute atomic E-state index is 12.6. The van der Waals surface area contributed by atoms with Crippen LogP contribution in [-0.4, -0.2) is 123 Å². The first-order valence-corrected chi connectivity index (χ1v) is 11.8. The van der Waals surface area contributed by atoms with E-state index < -0.39 is 0 Å². The lowest BCUT2D eigenvalue weighted by Gasteiger charge is -2.42. The summed E-state index contributed by atoms with van der Waals surface area (Å²) in [7, 11) is 4.32. The highest BCUT2D eigenvalue weighted by Gasteiger charge is 2.35. The number of carbonyl (C=O) groups is 1. The van der Waals surface area contributed by atoms with Crippen molar-refractivity contribution >= 4 is 11.9 Å². The second-order valence-corrected chi connectivity index (χ2v) is 9.11. The summed E-state index contributed by atoms with van der Waals surface area (Å²) >= 11 is 0. The van der Waals surface area contributed by atoms with Crippen molar-refractivity contribution in [3.8, 4) is 0 Å². The van der Waals surface area contributed by atoms with E-state index in [0.29, 0.717) is 12.5 Å². The summed E-state index contributed by atoms with van der Waals surface area (Å²) in [6, 6.07) is 0. The van der Waals surface area contributed by atoms with Crippen molar-refractivity contribution in [2.75, 3.05) is 86.2 Å². The molecule has 1 amide bonds. The van der Waals surface area contributed by atoms with Crippen molar-refractivity contribution in [3.63, 3.8) is 0 Å². The third-order valence-corrected chi connectivity index (χ3v) is 6.97. The van der Waals surface area contributed by atoms with Gasteiger partial charge in [0.05, 0.1) is 13.1 Å². The molecule has 3 heterocycles. The molecule has 3 saturated heterocycles. The highest BCUT2D eigenvalue weighted by molar-refractivity contribution is 5.80. The number of hydrogen-bond donors (Lipinski definition) is 1. The van der Waals surface area contributed by atoms with E-state index in [-0.39, 0.29) is 5.54 Å². The van der Waals surface area contributed by atoms with Crippen LogP contribution in [0.25, 0.3) is 0 Å². The van der Waals surface area contributed by atoms with Crippen LogP contribution in [0.1, 0.15) is 39.0 Å². The van der Waals surface area contributed by atoms with Gasteiger partial charge in [-0.25, -0.2) is 0 Å². The second-order valence-electron chi connectivity index (χ2n) is 9.11. The molecule has 3 rings (SSSR count). The number of nitrogens with one attached hydrogen (secondary N) is 1. The number of hydrogen-bond acceptors (Lipinski definition) is 5. The first-order valence-electron chi connectivity index (χ1n) is 11.8. The Hall–Kier alpha value is -1.38. The Morgan fingerprint density at radius 3 is 2.27 bits per heavy atom. The molecular formula is C22H42N6O2. The minimum atomic E-state index is 0.0849. The van der Waals surface area contributed by atoms with E-state index in [1.54, 1.807) is 0 Å². The van der Waals surface area contributed by atoms with Gasteiger partial charge >= 0.3 is 0 Å². The lowest BCUT2D eigenvalue weighted by atomic mass is 9.89. The van der Waals surface area contributed by atoms with Gasteiger partial charge < -0.3 is 24.8 Å². The van der Waals surface area contributed by atoms with Gasteiger partial charge in [-0.15, -0.1) is 0 Å². The molecule has 0 radical (unpaired) electrons. The predicted octanol–water partition coefficient (Wildman–Crippen LogP) is 0.693. The molecule has 3 fully saturated rings. The van der Waals surface area contributed by atoms with Crippen LogP contribution in [-0.2, 0) is 9.53 Å². The minimum Gasteiger partial charge on any atom is -0.381 e. The van der Waals surface area contributed by atoms with Crippen LogP contribution in [0, 0.1) is 0 Å². The number of ether oxygens (including phenoxy) is 1. The maximum Gasteiger partial charge on any atom is 0.236 e. The average molecular weight is 423 g/mol. The predicted molar refractivity (Wildman–Crippen MR) is 121 cm³/mol. The number of piperazine rings is 1. The number of aliphatic imine (C=N–C) groups is 1. The van der Waals surface area contributed by atoms with Crippen molar-refractivity contribution in [2.24, 2.45) is 4.99 Å². The normalized spacial score (nSPS) is 23.7. The summed E-state index contributed by atoms with van der Waals surface area (Å²) < 4.78 is 5.60. The van der Waals surface area contributed by atoms with Crippen molar-refractivity contribution in [1.29, 1.82) is 0 Å². The first-order chi connectivity index (χ1) is 14.5. The van der Waals surface area contributed by atoms with Gasteiger partial charge in [0, 0.05) is 64.6 Å². The molecule has 0 bridgehead atoms. The lowest BCUT2D eigenvalue weighted by Crippen LogP contribution is -2.55. The summed E-state index contributed by atoms with van der Waals surface area (Å²) in [5, 5.41) is 3.49. The molecule has 0 aromatic carbocycles. The van der Waals surface area contributed by atoms with Crippen LogP contribution in [0.3, 0.4) is 0 Å². The fraction of sp³-hybridized carbons (Fsp3) is 0.909. The number of likely N-dealkylation sites (tertiary alicyclic amines) is 1. The molecule has 0 unspecified atom stereocenters. The maximum atomic E-state index is 12.6. The number of carbonyl (C=O) groups excluding carboxylic acids is 1. The first kappa shape index (κ1) is 23.3. The Morgan fingerprint density at radius 2 is 1.67 bits per heavy atom. The summed E-state index contributed by atoms with van der Waals surface area (Å²) in [6.45, 7) is 11.5. The molecule has 0 aromatic heterocycles. The van der Waals surface area contributed by atoms with Crippen LogP contribution < -0.4 is 5.32 Å². The molecule has 30 heavy (non-hydrogen) atoms. The van der Waals surface area contributed by atoms with Gasteiger partial charge in [-0.1, -0.05) is 0 Å². The fourth-order valence-electron chi connectivity index (χ4n) is 4.70. The Kier molecular flexibility index (Phi) is 8.77. The van der Waals surface area contributed by atoms with Gasteiger partial charge in [-0.3, -0.25) is 14.7 Å². The fourth-order valence-corrected chi connectivity index (χ4v) is 4.70. The van der Waals surface area contributed by atoms with Crippen molar-refractivity contribution in [2.45, 2.75) is 44.6 Å². The van der Waals surface area contributed by atoms with Crippen molar-refractivity contribution in [3.05, 3.63) is 0 Å². The summed E-state index contributed by atoms with van der Waals surface area (Å²) in [6.07, 6.45) is 5.62. The van der Waals surface area contributed by atoms with Crippen LogP contribution in [0.15, 0.2) is 4.99 Å². The molecule has 0 aromatic rings. The highest BCUT2D eigenvalue weighted by Crippen LogP contribution is 2.26. The van der Waals surface area contributed by atoms with E-state index in [0.717, 1.165) is 97.2 Å². The van der Waals surface area contributed by atoms with Crippen LogP contribution in [0.5, 0.6) is 0 Å². The van der Waals surface area contributed by atoms with E-state index in [2.05, 4.69) is 45.9 Å². The van der Waals surface area contributed by atoms with Gasteiger partial charge in [0.25, 0.3) is 0 Å². The summed E-state index contributed by atoms with van der Waals surface area (Å²) in [5.41, 5.74) is 0.0849. The zero-order chi connectivity index (χ0) is 21.4. The van der Waals surface area contributed by atoms with Crippen LogP contribution >= 0.6 is 0 Å². The number of nitrogens with zero attached hydrogens (tertiary/aromatic N) is 5. The van der Waals surface area contributed by atoms with Crippen LogP contribution in [0.4, 0.5) is 0 Å². The van der Waals surface area contributed by atoms with Gasteiger partial charge in [-0.2, -0.15) is 0 Å². The largest absolute Gasteiger partial charge is 0.381 e. The molecule has 0 atom stereocenters. The molecule has 3 aliphatic rings. The number of likely N-dealkylation sites (N-methyl/N-ethyl adjacent to an activating group) is 1. The van der Waals surface area contributed by atoms with Crippen molar-refractivity contribution < 1.29 is 9.53 Å². The Balaban J connectivity index is 1.53.